The molecule has 6 heteroatoms. The lowest BCUT2D eigenvalue weighted by atomic mass is 9.80. The second-order valence-electron chi connectivity index (χ2n) is 7.03. The molecule has 2 heterocycles. The quantitative estimate of drug-likeness (QED) is 0.678. The van der Waals surface area contributed by atoms with Gasteiger partial charge in [0.1, 0.15) is 17.2 Å². The molecule has 21 heavy (non-hydrogen) atoms. The largest absolute Gasteiger partial charge is 0.444 e. The SMILES string of the molecule is CC(=O)C1C(=O)CC2CN(C(=O)OC(C)(C)C)CC1N2C. The summed E-state index contributed by atoms with van der Waals surface area (Å²) in [6.45, 7) is 7.75. The van der Waals surface area contributed by atoms with Gasteiger partial charge in [0.2, 0.25) is 0 Å². The number of carbonyl (C=O) groups excluding carboxylic acids is 3. The maximum Gasteiger partial charge on any atom is 0.410 e. The van der Waals surface area contributed by atoms with Crippen molar-refractivity contribution in [1.82, 2.24) is 9.80 Å². The normalized spacial score (nSPS) is 30.2. The first-order chi connectivity index (χ1) is 9.60. The Morgan fingerprint density at radius 3 is 2.38 bits per heavy atom. The maximum atomic E-state index is 12.2. The van der Waals surface area contributed by atoms with Crippen molar-refractivity contribution in [1.29, 1.82) is 0 Å². The second-order valence-corrected chi connectivity index (χ2v) is 7.03. The van der Waals surface area contributed by atoms with E-state index in [9.17, 15) is 14.4 Å². The maximum absolute atomic E-state index is 12.2. The number of carbonyl (C=O) groups is 3. The summed E-state index contributed by atoms with van der Waals surface area (Å²) in [5, 5.41) is 0. The fourth-order valence-corrected chi connectivity index (χ4v) is 3.18. The molecule has 2 aliphatic rings. The first-order valence-corrected chi connectivity index (χ1v) is 7.33. The van der Waals surface area contributed by atoms with Gasteiger partial charge in [-0.15, -0.1) is 0 Å². The summed E-state index contributed by atoms with van der Waals surface area (Å²) in [5.41, 5.74) is -0.550. The Labute approximate surface area is 125 Å². The third-order valence-electron chi connectivity index (χ3n) is 4.20. The van der Waals surface area contributed by atoms with E-state index in [1.165, 1.54) is 6.92 Å². The zero-order valence-electron chi connectivity index (χ0n) is 13.4. The average Bonchev–Trinajstić information content (AvgIpc) is 2.28. The van der Waals surface area contributed by atoms with E-state index in [1.807, 2.05) is 27.8 Å². The molecule has 6 nitrogen and oxygen atoms in total. The highest BCUT2D eigenvalue weighted by atomic mass is 16.6. The van der Waals surface area contributed by atoms with Gasteiger partial charge in [0.25, 0.3) is 0 Å². The molecule has 118 valence electrons. The van der Waals surface area contributed by atoms with Crippen molar-refractivity contribution in [2.24, 2.45) is 5.92 Å². The lowest BCUT2D eigenvalue weighted by Crippen LogP contribution is -2.66. The molecule has 2 saturated heterocycles. The fraction of sp³-hybridized carbons (Fsp3) is 0.800. The van der Waals surface area contributed by atoms with E-state index in [1.54, 1.807) is 4.90 Å². The summed E-state index contributed by atoms with van der Waals surface area (Å²) in [4.78, 5) is 39.8. The third-order valence-corrected chi connectivity index (χ3v) is 4.20. The van der Waals surface area contributed by atoms with Gasteiger partial charge in [0.15, 0.2) is 0 Å². The smallest absolute Gasteiger partial charge is 0.410 e. The number of Topliss-reactive ketones (excluding diaryl/α,β-unsaturated/α-hetero) is 2. The number of piperazine rings is 1. The number of piperidine rings is 1. The molecule has 2 bridgehead atoms. The summed E-state index contributed by atoms with van der Waals surface area (Å²) >= 11 is 0. The molecular weight excluding hydrogens is 272 g/mol. The molecule has 2 rings (SSSR count). The molecule has 2 fully saturated rings. The number of nitrogens with zero attached hydrogens (tertiary/aromatic N) is 2. The Morgan fingerprint density at radius 1 is 1.24 bits per heavy atom. The summed E-state index contributed by atoms with van der Waals surface area (Å²) in [6.07, 6.45) is -0.0569. The molecule has 3 unspecified atom stereocenters. The first kappa shape index (κ1) is 15.9. The van der Waals surface area contributed by atoms with E-state index < -0.39 is 11.5 Å². The monoisotopic (exact) mass is 296 g/mol. The summed E-state index contributed by atoms with van der Waals surface area (Å²) in [5.74, 6) is -0.753. The molecule has 0 aliphatic carbocycles. The molecular formula is C15H24N2O4. The van der Waals surface area contributed by atoms with E-state index in [0.29, 0.717) is 19.5 Å². The van der Waals surface area contributed by atoms with Crippen LogP contribution in [0.1, 0.15) is 34.1 Å². The summed E-state index contributed by atoms with van der Waals surface area (Å²) < 4.78 is 5.40. The highest BCUT2D eigenvalue weighted by Crippen LogP contribution is 2.30. The number of hydrogen-bond donors (Lipinski definition) is 0. The Balaban J connectivity index is 2.16. The van der Waals surface area contributed by atoms with Gasteiger partial charge in [-0.25, -0.2) is 4.79 Å². The number of rotatable bonds is 1. The summed E-state index contributed by atoms with van der Waals surface area (Å²) in [7, 11) is 1.92. The van der Waals surface area contributed by atoms with Crippen LogP contribution in [0.25, 0.3) is 0 Å². The van der Waals surface area contributed by atoms with Crippen LogP contribution in [-0.4, -0.2) is 65.3 Å². The van der Waals surface area contributed by atoms with Gasteiger partial charge >= 0.3 is 6.09 Å². The summed E-state index contributed by atoms with van der Waals surface area (Å²) in [6, 6.07) is -0.269. The van der Waals surface area contributed by atoms with Crippen molar-refractivity contribution in [3.8, 4) is 0 Å². The number of amides is 1. The van der Waals surface area contributed by atoms with Crippen molar-refractivity contribution in [2.75, 3.05) is 20.1 Å². The number of likely N-dealkylation sites (N-methyl/N-ethyl adjacent to an activating group) is 1. The Morgan fingerprint density at radius 2 is 1.86 bits per heavy atom. The Bertz CT molecular complexity index is 469. The highest BCUT2D eigenvalue weighted by molar-refractivity contribution is 6.03. The van der Waals surface area contributed by atoms with E-state index in [2.05, 4.69) is 4.90 Å². The molecule has 2 aliphatic heterocycles. The molecule has 0 spiro atoms. The number of likely N-dealkylation sites (tertiary alicyclic amines) is 1. The molecule has 0 saturated carbocycles. The fourth-order valence-electron chi connectivity index (χ4n) is 3.18. The van der Waals surface area contributed by atoms with Crippen LogP contribution in [0, 0.1) is 5.92 Å². The minimum absolute atomic E-state index is 0.000520. The molecule has 0 radical (unpaired) electrons. The van der Waals surface area contributed by atoms with Gasteiger partial charge in [-0.3, -0.25) is 14.5 Å². The van der Waals surface area contributed by atoms with Crippen molar-refractivity contribution in [3.05, 3.63) is 0 Å². The van der Waals surface area contributed by atoms with Crippen LogP contribution >= 0.6 is 0 Å². The minimum atomic E-state index is -0.628. The molecule has 3 atom stereocenters. The van der Waals surface area contributed by atoms with Gasteiger partial charge in [0, 0.05) is 31.6 Å². The first-order valence-electron chi connectivity index (χ1n) is 7.33. The van der Waals surface area contributed by atoms with Crippen molar-refractivity contribution >= 4 is 17.7 Å². The minimum Gasteiger partial charge on any atom is -0.444 e. The number of ether oxygens (including phenoxy) is 1. The van der Waals surface area contributed by atoms with Crippen LogP contribution in [0.3, 0.4) is 0 Å². The van der Waals surface area contributed by atoms with Crippen molar-refractivity contribution < 1.29 is 19.1 Å². The lowest BCUT2D eigenvalue weighted by Gasteiger charge is -2.50. The molecule has 0 aromatic rings. The van der Waals surface area contributed by atoms with Crippen molar-refractivity contribution in [3.63, 3.8) is 0 Å². The van der Waals surface area contributed by atoms with Gasteiger partial charge in [-0.2, -0.15) is 0 Å². The highest BCUT2D eigenvalue weighted by Gasteiger charge is 2.48. The Hall–Kier alpha value is -1.43. The van der Waals surface area contributed by atoms with E-state index in [4.69, 9.17) is 4.74 Å². The predicted octanol–water partition coefficient (Wildman–Crippen LogP) is 1.08. The Kier molecular flexibility index (Phi) is 4.10. The molecule has 1 amide bonds. The number of fused-ring (bicyclic) bond motifs is 2. The topological polar surface area (TPSA) is 66.9 Å². The predicted molar refractivity (Wildman–Crippen MR) is 76.9 cm³/mol. The molecule has 0 aromatic carbocycles. The van der Waals surface area contributed by atoms with Gasteiger partial charge in [0.05, 0.1) is 5.92 Å². The van der Waals surface area contributed by atoms with Gasteiger partial charge in [-0.05, 0) is 34.7 Å². The standard InChI is InChI=1S/C15H24N2O4/c1-9(18)13-11-8-17(14(20)21-15(2,3)4)7-10(16(11)5)6-12(13)19/h10-11,13H,6-8H2,1-5H3. The van der Waals surface area contributed by atoms with Crippen LogP contribution in [-0.2, 0) is 14.3 Å². The van der Waals surface area contributed by atoms with E-state index in [-0.39, 0.29) is 29.7 Å². The van der Waals surface area contributed by atoms with Crippen LogP contribution in [0.2, 0.25) is 0 Å². The zero-order valence-corrected chi connectivity index (χ0v) is 13.4. The number of ketones is 2. The van der Waals surface area contributed by atoms with Gasteiger partial charge < -0.3 is 9.64 Å². The van der Waals surface area contributed by atoms with Crippen LogP contribution in [0.15, 0.2) is 0 Å². The van der Waals surface area contributed by atoms with E-state index >= 15 is 0 Å². The third kappa shape index (κ3) is 3.26. The lowest BCUT2D eigenvalue weighted by molar-refractivity contribution is -0.143. The van der Waals surface area contributed by atoms with Gasteiger partial charge in [-0.1, -0.05) is 0 Å². The average molecular weight is 296 g/mol. The van der Waals surface area contributed by atoms with Crippen molar-refractivity contribution in [2.45, 2.75) is 51.8 Å². The molecule has 0 N–H and O–H groups in total. The number of hydrogen-bond acceptors (Lipinski definition) is 5. The zero-order chi connectivity index (χ0) is 15.9. The van der Waals surface area contributed by atoms with E-state index in [0.717, 1.165) is 0 Å². The van der Waals surface area contributed by atoms with Crippen LogP contribution < -0.4 is 0 Å². The molecule has 0 aromatic heterocycles. The van der Waals surface area contributed by atoms with Crippen LogP contribution in [0.5, 0.6) is 0 Å². The second kappa shape index (κ2) is 5.40. The van der Waals surface area contributed by atoms with Crippen LogP contribution in [0.4, 0.5) is 4.79 Å².